The Morgan fingerprint density at radius 1 is 1.00 bits per heavy atom. The number of aliphatic hydroxyl groups is 1. The minimum Gasteiger partial charge on any atom is -0.427 e. The molecule has 1 N–H and O–H groups in total. The van der Waals surface area contributed by atoms with Crippen molar-refractivity contribution >= 4 is 11.7 Å². The lowest BCUT2D eigenvalue weighted by Gasteiger charge is -2.17. The molecule has 6 nitrogen and oxygen atoms in total. The van der Waals surface area contributed by atoms with Crippen LogP contribution >= 0.6 is 0 Å². The minimum atomic E-state index is -0.451. The van der Waals surface area contributed by atoms with Crippen LogP contribution in [0.3, 0.4) is 0 Å². The summed E-state index contributed by atoms with van der Waals surface area (Å²) in [7, 11) is 0. The fourth-order valence-corrected chi connectivity index (χ4v) is 2.77. The van der Waals surface area contributed by atoms with Crippen LogP contribution in [0.25, 0.3) is 0 Å². The lowest BCUT2D eigenvalue weighted by molar-refractivity contribution is -0.384. The summed E-state index contributed by atoms with van der Waals surface area (Å²) in [5.74, 6) is 6.42. The molecule has 2 atom stereocenters. The monoisotopic (exact) mass is 409 g/mol. The van der Waals surface area contributed by atoms with Crippen molar-refractivity contribution < 1.29 is 19.6 Å². The third kappa shape index (κ3) is 7.69. The number of ether oxygens (including phenoxy) is 1. The zero-order valence-corrected chi connectivity index (χ0v) is 17.5. The maximum atomic E-state index is 12.1. The molecule has 158 valence electrons. The largest absolute Gasteiger partial charge is 0.427 e. The highest BCUT2D eigenvalue weighted by Gasteiger charge is 2.15. The van der Waals surface area contributed by atoms with Gasteiger partial charge in [-0.3, -0.25) is 14.9 Å². The summed E-state index contributed by atoms with van der Waals surface area (Å²) < 4.78 is 5.38. The summed E-state index contributed by atoms with van der Waals surface area (Å²) in [6.07, 6.45) is 1.40. The van der Waals surface area contributed by atoms with Crippen LogP contribution in [0.2, 0.25) is 0 Å². The number of hydrogen-bond donors (Lipinski definition) is 1. The molecule has 0 saturated heterocycles. The van der Waals surface area contributed by atoms with E-state index in [2.05, 4.69) is 11.8 Å². The fraction of sp³-hybridized carbons (Fsp3) is 0.375. The van der Waals surface area contributed by atoms with E-state index >= 15 is 0 Å². The van der Waals surface area contributed by atoms with E-state index < -0.39 is 4.92 Å². The molecule has 6 heteroatoms. The lowest BCUT2D eigenvalue weighted by Crippen LogP contribution is -2.17. The van der Waals surface area contributed by atoms with Gasteiger partial charge < -0.3 is 9.84 Å². The molecule has 0 heterocycles. The number of non-ortho nitro benzene ring substituents is 1. The second-order valence-electron chi connectivity index (χ2n) is 7.75. The zero-order chi connectivity index (χ0) is 22.1. The Morgan fingerprint density at radius 3 is 2.03 bits per heavy atom. The van der Waals surface area contributed by atoms with Gasteiger partial charge in [-0.1, -0.05) is 32.6 Å². The maximum absolute atomic E-state index is 12.1. The van der Waals surface area contributed by atoms with Crippen molar-refractivity contribution in [3.63, 3.8) is 0 Å². The fourth-order valence-electron chi connectivity index (χ4n) is 2.77. The maximum Gasteiger partial charge on any atom is 0.311 e. The Kier molecular flexibility index (Phi) is 8.57. The van der Waals surface area contributed by atoms with E-state index in [0.29, 0.717) is 24.2 Å². The van der Waals surface area contributed by atoms with Crippen LogP contribution in [0.5, 0.6) is 5.75 Å². The standard InChI is InChI=1S/C24H27NO5/c1-17(2)23(26)15-4-18(3)16-24(27)30-22-13-9-20(10-14-22)6-5-19-7-11-21(12-8-19)25(28)29/h7-14,17-18,23,26H,4,15-16H2,1-3H3/t18-,23+/m1/s1. The summed E-state index contributed by atoms with van der Waals surface area (Å²) in [4.78, 5) is 22.3. The van der Waals surface area contributed by atoms with Crippen LogP contribution in [0, 0.1) is 33.8 Å². The number of rotatable bonds is 8. The number of nitrogens with zero attached hydrogens (tertiary/aromatic N) is 1. The second-order valence-corrected chi connectivity index (χ2v) is 7.75. The normalized spacial score (nSPS) is 12.6. The molecule has 30 heavy (non-hydrogen) atoms. The zero-order valence-electron chi connectivity index (χ0n) is 17.5. The molecule has 2 rings (SSSR count). The molecule has 0 saturated carbocycles. The number of nitro groups is 1. The Morgan fingerprint density at radius 2 is 1.53 bits per heavy atom. The van der Waals surface area contributed by atoms with E-state index in [-0.39, 0.29) is 29.6 Å². The van der Waals surface area contributed by atoms with Crippen LogP contribution in [-0.2, 0) is 4.79 Å². The highest BCUT2D eigenvalue weighted by atomic mass is 16.6. The highest BCUT2D eigenvalue weighted by molar-refractivity contribution is 5.72. The van der Waals surface area contributed by atoms with Crippen molar-refractivity contribution in [3.8, 4) is 17.6 Å². The number of benzene rings is 2. The van der Waals surface area contributed by atoms with Crippen LogP contribution in [0.1, 0.15) is 51.2 Å². The van der Waals surface area contributed by atoms with Gasteiger partial charge in [0.1, 0.15) is 5.75 Å². The number of esters is 1. The summed E-state index contributed by atoms with van der Waals surface area (Å²) in [6, 6.07) is 12.9. The molecule has 0 bridgehead atoms. The number of hydrogen-bond acceptors (Lipinski definition) is 5. The van der Waals surface area contributed by atoms with Gasteiger partial charge in [-0.25, -0.2) is 0 Å². The average molecular weight is 409 g/mol. The third-order valence-corrected chi connectivity index (χ3v) is 4.76. The third-order valence-electron chi connectivity index (χ3n) is 4.76. The highest BCUT2D eigenvalue weighted by Crippen LogP contribution is 2.18. The first kappa shape index (κ1) is 23.1. The molecular weight excluding hydrogens is 382 g/mol. The molecule has 0 unspecified atom stereocenters. The van der Waals surface area contributed by atoms with Crippen molar-refractivity contribution in [2.75, 3.05) is 0 Å². The first-order valence-electron chi connectivity index (χ1n) is 10.00. The van der Waals surface area contributed by atoms with Crippen molar-refractivity contribution in [3.05, 3.63) is 69.8 Å². The first-order valence-corrected chi connectivity index (χ1v) is 10.00. The molecule has 0 aliphatic rings. The molecular formula is C24H27NO5. The minimum absolute atomic E-state index is 0.0251. The second kappa shape index (κ2) is 11.1. The topological polar surface area (TPSA) is 89.7 Å². The molecule has 0 radical (unpaired) electrons. The van der Waals surface area contributed by atoms with E-state index in [1.165, 1.54) is 12.1 Å². The van der Waals surface area contributed by atoms with E-state index in [4.69, 9.17) is 4.74 Å². The average Bonchev–Trinajstić information content (AvgIpc) is 2.71. The predicted molar refractivity (Wildman–Crippen MR) is 115 cm³/mol. The van der Waals surface area contributed by atoms with Gasteiger partial charge in [-0.05, 0) is 61.1 Å². The number of aliphatic hydroxyl groups excluding tert-OH is 1. The van der Waals surface area contributed by atoms with Crippen LogP contribution in [0.4, 0.5) is 5.69 Å². The SMILES string of the molecule is CC(C)[C@@H](O)CC[C@@H](C)CC(=O)Oc1ccc(C#Cc2ccc([N+](=O)[O-])cc2)cc1. The van der Waals surface area contributed by atoms with Gasteiger partial charge in [-0.2, -0.15) is 0 Å². The van der Waals surface area contributed by atoms with Crippen LogP contribution in [-0.4, -0.2) is 22.1 Å². The lowest BCUT2D eigenvalue weighted by atomic mass is 9.95. The van der Waals surface area contributed by atoms with Gasteiger partial charge in [0.05, 0.1) is 11.0 Å². The van der Waals surface area contributed by atoms with Crippen LogP contribution < -0.4 is 4.74 Å². The predicted octanol–water partition coefficient (Wildman–Crippen LogP) is 4.72. The summed E-state index contributed by atoms with van der Waals surface area (Å²) in [6.45, 7) is 5.93. The van der Waals surface area contributed by atoms with E-state index in [9.17, 15) is 20.0 Å². The molecule has 0 aliphatic heterocycles. The van der Waals surface area contributed by atoms with Gasteiger partial charge >= 0.3 is 5.97 Å². The Labute approximate surface area is 177 Å². The summed E-state index contributed by atoms with van der Waals surface area (Å²) in [5, 5.41) is 20.5. The number of carbonyl (C=O) groups excluding carboxylic acids is 1. The van der Waals surface area contributed by atoms with E-state index in [1.807, 2.05) is 20.8 Å². The van der Waals surface area contributed by atoms with Crippen molar-refractivity contribution in [1.29, 1.82) is 0 Å². The van der Waals surface area contributed by atoms with Gasteiger partial charge in [0, 0.05) is 29.7 Å². The van der Waals surface area contributed by atoms with Gasteiger partial charge in [0.2, 0.25) is 0 Å². The Hall–Kier alpha value is -3.17. The quantitative estimate of drug-likeness (QED) is 0.224. The van der Waals surface area contributed by atoms with Gasteiger partial charge in [0.15, 0.2) is 0 Å². The Balaban J connectivity index is 1.85. The van der Waals surface area contributed by atoms with Crippen molar-refractivity contribution in [1.82, 2.24) is 0 Å². The molecule has 2 aromatic rings. The molecule has 0 aliphatic carbocycles. The van der Waals surface area contributed by atoms with Crippen LogP contribution in [0.15, 0.2) is 48.5 Å². The molecule has 0 fully saturated rings. The van der Waals surface area contributed by atoms with E-state index in [0.717, 1.165) is 12.0 Å². The molecule has 2 aromatic carbocycles. The number of nitro benzene ring substituents is 1. The molecule has 0 spiro atoms. The Bertz CT molecular complexity index is 907. The summed E-state index contributed by atoms with van der Waals surface area (Å²) in [5.41, 5.74) is 1.44. The molecule has 0 amide bonds. The first-order chi connectivity index (χ1) is 14.2. The van der Waals surface area contributed by atoms with E-state index in [1.54, 1.807) is 36.4 Å². The van der Waals surface area contributed by atoms with Crippen molar-refractivity contribution in [2.45, 2.75) is 46.1 Å². The van der Waals surface area contributed by atoms with Crippen molar-refractivity contribution in [2.24, 2.45) is 11.8 Å². The smallest absolute Gasteiger partial charge is 0.311 e. The van der Waals surface area contributed by atoms with Gasteiger partial charge in [0.25, 0.3) is 5.69 Å². The number of carbonyl (C=O) groups is 1. The van der Waals surface area contributed by atoms with Gasteiger partial charge in [-0.15, -0.1) is 0 Å². The molecule has 0 aromatic heterocycles. The summed E-state index contributed by atoms with van der Waals surface area (Å²) >= 11 is 0.